The summed E-state index contributed by atoms with van der Waals surface area (Å²) in [5.74, 6) is -0.0196. The van der Waals surface area contributed by atoms with E-state index in [1.807, 2.05) is 6.92 Å². The number of carbonyl (C=O) groups is 2. The minimum atomic E-state index is -2.27. The molecule has 1 saturated heterocycles. The SMILES string of the molecule is CCS[C@@H]1[C@H](O[Si](C)(C)C(C)(C)C)[C@@H](C=O)O[C@H]1n1ccc(=O)n(C(=O)c2ccccc2)c1=O. The van der Waals surface area contributed by atoms with Crippen LogP contribution in [0.5, 0.6) is 0 Å². The number of benzene rings is 1. The summed E-state index contributed by atoms with van der Waals surface area (Å²) < 4.78 is 14.5. The van der Waals surface area contributed by atoms with Gasteiger partial charge >= 0.3 is 5.69 Å². The van der Waals surface area contributed by atoms with Crippen molar-refractivity contribution in [3.05, 3.63) is 69.0 Å². The molecule has 0 N–H and O–H groups in total. The lowest BCUT2D eigenvalue weighted by molar-refractivity contribution is -0.122. The van der Waals surface area contributed by atoms with Crippen molar-refractivity contribution in [1.82, 2.24) is 9.13 Å². The largest absolute Gasteiger partial charge is 0.410 e. The van der Waals surface area contributed by atoms with Gasteiger partial charge in [0.2, 0.25) is 0 Å². The number of nitrogens with zero attached hydrogens (tertiary/aromatic N) is 2. The lowest BCUT2D eigenvalue weighted by Gasteiger charge is -2.40. The number of thioether (sulfide) groups is 1. The topological polar surface area (TPSA) is 96.6 Å². The third-order valence-electron chi connectivity index (χ3n) is 6.46. The first-order valence-corrected chi connectivity index (χ1v) is 15.2. The monoisotopic (exact) mass is 504 g/mol. The molecule has 2 heterocycles. The van der Waals surface area contributed by atoms with E-state index >= 15 is 0 Å². The van der Waals surface area contributed by atoms with Gasteiger partial charge in [0.1, 0.15) is 6.10 Å². The molecule has 184 valence electrons. The maximum Gasteiger partial charge on any atom is 0.340 e. The second-order valence-corrected chi connectivity index (χ2v) is 16.0. The van der Waals surface area contributed by atoms with Crippen molar-refractivity contribution in [3.8, 4) is 0 Å². The Bertz CT molecular complexity index is 1150. The Kier molecular flexibility index (Phi) is 7.86. The Morgan fingerprint density at radius 1 is 1.18 bits per heavy atom. The molecule has 1 aromatic carbocycles. The molecule has 0 aliphatic carbocycles. The molecule has 0 bridgehead atoms. The zero-order valence-electron chi connectivity index (χ0n) is 20.4. The molecule has 1 aliphatic rings. The normalized spacial score (nSPS) is 23.1. The maximum absolute atomic E-state index is 13.4. The summed E-state index contributed by atoms with van der Waals surface area (Å²) in [5.41, 5.74) is -1.32. The van der Waals surface area contributed by atoms with Gasteiger partial charge in [-0.3, -0.25) is 14.2 Å². The van der Waals surface area contributed by atoms with Gasteiger partial charge in [0.25, 0.3) is 11.5 Å². The Labute approximate surface area is 204 Å². The van der Waals surface area contributed by atoms with E-state index in [0.29, 0.717) is 16.6 Å². The second-order valence-electron chi connectivity index (χ2n) is 9.74. The highest BCUT2D eigenvalue weighted by Crippen LogP contribution is 2.44. The predicted octanol–water partition coefficient (Wildman–Crippen LogP) is 3.31. The maximum atomic E-state index is 13.4. The highest BCUT2D eigenvalue weighted by molar-refractivity contribution is 7.99. The third-order valence-corrected chi connectivity index (χ3v) is 12.2. The van der Waals surface area contributed by atoms with Crippen LogP contribution in [0.3, 0.4) is 0 Å². The lowest BCUT2D eigenvalue weighted by atomic mass is 10.2. The highest BCUT2D eigenvalue weighted by atomic mass is 32.2. The molecule has 2 aromatic rings. The van der Waals surface area contributed by atoms with Gasteiger partial charge in [0.15, 0.2) is 20.8 Å². The van der Waals surface area contributed by atoms with Crippen LogP contribution < -0.4 is 11.2 Å². The molecule has 3 rings (SSSR count). The summed E-state index contributed by atoms with van der Waals surface area (Å²) >= 11 is 1.53. The van der Waals surface area contributed by atoms with Gasteiger partial charge in [-0.15, -0.1) is 0 Å². The van der Waals surface area contributed by atoms with E-state index < -0.39 is 43.9 Å². The number of hydrogen-bond acceptors (Lipinski definition) is 7. The van der Waals surface area contributed by atoms with Crippen molar-refractivity contribution in [2.75, 3.05) is 5.75 Å². The first kappa shape index (κ1) is 26.3. The molecule has 0 saturated carbocycles. The van der Waals surface area contributed by atoms with E-state index in [-0.39, 0.29) is 15.9 Å². The van der Waals surface area contributed by atoms with Crippen molar-refractivity contribution in [2.45, 2.75) is 69.5 Å². The van der Waals surface area contributed by atoms with E-state index in [0.717, 1.165) is 6.07 Å². The summed E-state index contributed by atoms with van der Waals surface area (Å²) in [5, 5.41) is -0.476. The van der Waals surface area contributed by atoms with Crippen LogP contribution in [-0.4, -0.2) is 52.9 Å². The lowest BCUT2D eigenvalue weighted by Crippen LogP contribution is -2.49. The van der Waals surface area contributed by atoms with Crippen LogP contribution in [-0.2, 0) is 14.0 Å². The Morgan fingerprint density at radius 2 is 1.82 bits per heavy atom. The van der Waals surface area contributed by atoms with E-state index in [1.54, 1.807) is 30.3 Å². The number of rotatable bonds is 7. The number of carbonyl (C=O) groups excluding carboxylic acids is 2. The number of aldehydes is 1. The minimum absolute atomic E-state index is 0.0912. The standard InChI is InChI=1S/C24H32N2O6SSi/c1-7-33-20-19(32-34(5,6)24(2,3)4)17(15-27)31-22(20)25-14-13-18(28)26(23(25)30)21(29)16-11-9-8-10-12-16/h8-15,17,19-20,22H,7H2,1-6H3/t17-,19-,20-,22-/m1/s1. The summed E-state index contributed by atoms with van der Waals surface area (Å²) in [6.45, 7) is 12.5. The number of hydrogen-bond donors (Lipinski definition) is 0. The van der Waals surface area contributed by atoms with Crippen molar-refractivity contribution in [3.63, 3.8) is 0 Å². The van der Waals surface area contributed by atoms with Crippen molar-refractivity contribution < 1.29 is 18.8 Å². The fourth-order valence-corrected chi connectivity index (χ4v) is 6.16. The van der Waals surface area contributed by atoms with Crippen LogP contribution in [0.15, 0.2) is 52.2 Å². The fourth-order valence-electron chi connectivity index (χ4n) is 3.60. The van der Waals surface area contributed by atoms with Crippen LogP contribution in [0.2, 0.25) is 18.1 Å². The van der Waals surface area contributed by atoms with Gasteiger partial charge in [0.05, 0.1) is 11.4 Å². The quantitative estimate of drug-likeness (QED) is 0.422. The molecule has 4 atom stereocenters. The molecule has 34 heavy (non-hydrogen) atoms. The molecule has 0 radical (unpaired) electrons. The van der Waals surface area contributed by atoms with Gasteiger partial charge in [-0.2, -0.15) is 16.3 Å². The zero-order chi connectivity index (χ0) is 25.3. The van der Waals surface area contributed by atoms with Crippen LogP contribution in [0, 0.1) is 0 Å². The van der Waals surface area contributed by atoms with Gasteiger partial charge in [-0.25, -0.2) is 4.79 Å². The van der Waals surface area contributed by atoms with Crippen molar-refractivity contribution in [2.24, 2.45) is 0 Å². The fraction of sp³-hybridized carbons (Fsp3) is 0.500. The summed E-state index contributed by atoms with van der Waals surface area (Å²) in [4.78, 5) is 50.9. The Morgan fingerprint density at radius 3 is 2.38 bits per heavy atom. The minimum Gasteiger partial charge on any atom is -0.410 e. The van der Waals surface area contributed by atoms with Crippen molar-refractivity contribution >= 4 is 32.3 Å². The molecular weight excluding hydrogens is 472 g/mol. The van der Waals surface area contributed by atoms with Gasteiger partial charge in [0, 0.05) is 17.8 Å². The average Bonchev–Trinajstić information content (AvgIpc) is 3.10. The molecule has 0 unspecified atom stereocenters. The van der Waals surface area contributed by atoms with Crippen LogP contribution >= 0.6 is 11.8 Å². The zero-order valence-corrected chi connectivity index (χ0v) is 22.2. The summed E-state index contributed by atoms with van der Waals surface area (Å²) in [6, 6.07) is 9.30. The van der Waals surface area contributed by atoms with Crippen LogP contribution in [0.4, 0.5) is 0 Å². The third kappa shape index (κ3) is 5.05. The van der Waals surface area contributed by atoms with E-state index in [4.69, 9.17) is 9.16 Å². The highest BCUT2D eigenvalue weighted by Gasteiger charge is 2.51. The number of ether oxygens (including phenoxy) is 1. The molecule has 1 aliphatic heterocycles. The number of aromatic nitrogens is 2. The molecule has 1 fully saturated rings. The summed E-state index contributed by atoms with van der Waals surface area (Å²) in [6.07, 6.45) is -0.287. The van der Waals surface area contributed by atoms with Gasteiger partial charge in [-0.1, -0.05) is 45.9 Å². The molecular formula is C24H32N2O6SSi. The average molecular weight is 505 g/mol. The molecule has 10 heteroatoms. The van der Waals surface area contributed by atoms with Gasteiger partial charge in [-0.05, 0) is 36.0 Å². The second kappa shape index (κ2) is 10.1. The van der Waals surface area contributed by atoms with E-state index in [9.17, 15) is 19.2 Å². The van der Waals surface area contributed by atoms with Crippen LogP contribution in [0.25, 0.3) is 0 Å². The predicted molar refractivity (Wildman–Crippen MR) is 135 cm³/mol. The van der Waals surface area contributed by atoms with Crippen molar-refractivity contribution in [1.29, 1.82) is 0 Å². The van der Waals surface area contributed by atoms with E-state index in [2.05, 4.69) is 33.9 Å². The Balaban J connectivity index is 2.06. The molecule has 8 nitrogen and oxygen atoms in total. The molecule has 0 amide bonds. The first-order valence-electron chi connectivity index (χ1n) is 11.3. The van der Waals surface area contributed by atoms with E-state index in [1.165, 1.54) is 22.5 Å². The Hall–Kier alpha value is -2.27. The molecule has 1 aromatic heterocycles. The summed E-state index contributed by atoms with van der Waals surface area (Å²) in [7, 11) is -2.27. The van der Waals surface area contributed by atoms with Crippen LogP contribution in [0.1, 0.15) is 44.3 Å². The molecule has 0 spiro atoms. The smallest absolute Gasteiger partial charge is 0.340 e. The first-order chi connectivity index (χ1) is 15.9. The van der Waals surface area contributed by atoms with Gasteiger partial charge < -0.3 is 14.0 Å².